The van der Waals surface area contributed by atoms with E-state index < -0.39 is 17.3 Å². The van der Waals surface area contributed by atoms with Crippen molar-refractivity contribution in [2.24, 2.45) is 16.7 Å². The summed E-state index contributed by atoms with van der Waals surface area (Å²) in [6, 6.07) is 0. The first-order chi connectivity index (χ1) is 15.7. The van der Waals surface area contributed by atoms with Gasteiger partial charge in [0.25, 0.3) is 0 Å². The lowest BCUT2D eigenvalue weighted by Crippen LogP contribution is -2.56. The molecule has 0 aromatic carbocycles. The summed E-state index contributed by atoms with van der Waals surface area (Å²) in [5, 5.41) is 5.75. The summed E-state index contributed by atoms with van der Waals surface area (Å²) >= 11 is 0. The highest BCUT2D eigenvalue weighted by molar-refractivity contribution is 5.82. The molecule has 1 heterocycles. The molecule has 2 atom stereocenters. The fourth-order valence-corrected chi connectivity index (χ4v) is 3.92. The third-order valence-corrected chi connectivity index (χ3v) is 6.11. The average molecular weight is 485 g/mol. The molecule has 0 bridgehead atoms. The van der Waals surface area contributed by atoms with E-state index in [2.05, 4.69) is 38.3 Å². The van der Waals surface area contributed by atoms with Crippen molar-refractivity contribution in [2.45, 2.75) is 106 Å². The van der Waals surface area contributed by atoms with Crippen LogP contribution in [-0.2, 0) is 28.6 Å². The number of esters is 1. The number of unbranched alkanes of at least 4 members (excludes halogenated alkanes) is 2. The summed E-state index contributed by atoms with van der Waals surface area (Å²) in [5.41, 5.74) is -0.554. The maximum atomic E-state index is 12.6. The summed E-state index contributed by atoms with van der Waals surface area (Å²) in [7, 11) is 0. The standard InChI is InChI=1S/C26H48N2O6/c1-9-10-11-13-19(24(2,3)4)22(30)27-15-12-17-32-20(29)14-16-28-23(31)21-25(5,6)18-33-26(7,8)34-21/h19,21H,9-18H2,1-8H3,(H,27,30)(H,28,31). The lowest BCUT2D eigenvalue weighted by Gasteiger charge is -2.44. The minimum Gasteiger partial charge on any atom is -0.466 e. The Hall–Kier alpha value is -1.67. The first-order valence-electron chi connectivity index (χ1n) is 12.7. The van der Waals surface area contributed by atoms with Crippen LogP contribution in [0.2, 0.25) is 0 Å². The molecule has 2 unspecified atom stereocenters. The minimum absolute atomic E-state index is 0.0273. The third-order valence-electron chi connectivity index (χ3n) is 6.11. The van der Waals surface area contributed by atoms with Crippen LogP contribution in [0.5, 0.6) is 0 Å². The summed E-state index contributed by atoms with van der Waals surface area (Å²) in [6.45, 7) is 17.1. The SMILES string of the molecule is CCCCCC(C(=O)NCCCOC(=O)CCNC(=O)C1OC(C)(C)OCC1(C)C)C(C)(C)C. The third kappa shape index (κ3) is 10.7. The zero-order chi connectivity index (χ0) is 26.0. The van der Waals surface area contributed by atoms with Gasteiger partial charge < -0.3 is 24.8 Å². The second-order valence-corrected chi connectivity index (χ2v) is 11.5. The van der Waals surface area contributed by atoms with Gasteiger partial charge in [-0.05, 0) is 32.1 Å². The molecular formula is C26H48N2O6. The van der Waals surface area contributed by atoms with E-state index in [1.54, 1.807) is 13.8 Å². The monoisotopic (exact) mass is 484 g/mol. The van der Waals surface area contributed by atoms with Crippen LogP contribution in [0.3, 0.4) is 0 Å². The smallest absolute Gasteiger partial charge is 0.307 e. The molecule has 8 nitrogen and oxygen atoms in total. The lowest BCUT2D eigenvalue weighted by atomic mass is 9.77. The molecule has 1 saturated heterocycles. The minimum atomic E-state index is -0.825. The van der Waals surface area contributed by atoms with Crippen LogP contribution in [0.1, 0.15) is 93.9 Å². The molecule has 1 fully saturated rings. The maximum absolute atomic E-state index is 12.6. The molecule has 0 spiro atoms. The molecule has 198 valence electrons. The second-order valence-electron chi connectivity index (χ2n) is 11.5. The van der Waals surface area contributed by atoms with Gasteiger partial charge in [-0.1, -0.05) is 60.8 Å². The number of carbonyl (C=O) groups excluding carboxylic acids is 3. The van der Waals surface area contributed by atoms with E-state index in [9.17, 15) is 14.4 Å². The van der Waals surface area contributed by atoms with Crippen LogP contribution in [-0.4, -0.2) is 56.0 Å². The van der Waals surface area contributed by atoms with Crippen LogP contribution in [0.25, 0.3) is 0 Å². The normalized spacial score (nSPS) is 20.3. The lowest BCUT2D eigenvalue weighted by molar-refractivity contribution is -0.304. The number of hydrogen-bond acceptors (Lipinski definition) is 6. The van der Waals surface area contributed by atoms with E-state index in [1.807, 2.05) is 13.8 Å². The largest absolute Gasteiger partial charge is 0.466 e. The molecule has 1 rings (SSSR count). The topological polar surface area (TPSA) is 103 Å². The van der Waals surface area contributed by atoms with Crippen LogP contribution < -0.4 is 10.6 Å². The Morgan fingerprint density at radius 2 is 1.71 bits per heavy atom. The van der Waals surface area contributed by atoms with Crippen LogP contribution in [0.15, 0.2) is 0 Å². The quantitative estimate of drug-likeness (QED) is 0.303. The molecule has 2 N–H and O–H groups in total. The van der Waals surface area contributed by atoms with Crippen molar-refractivity contribution < 1.29 is 28.6 Å². The van der Waals surface area contributed by atoms with Gasteiger partial charge >= 0.3 is 5.97 Å². The van der Waals surface area contributed by atoms with Gasteiger partial charge in [-0.15, -0.1) is 0 Å². The molecular weight excluding hydrogens is 436 g/mol. The Balaban J connectivity index is 2.27. The molecule has 1 aliphatic heterocycles. The molecule has 0 saturated carbocycles. The number of rotatable bonds is 13. The summed E-state index contributed by atoms with van der Waals surface area (Å²) in [5.74, 6) is -1.43. The van der Waals surface area contributed by atoms with E-state index >= 15 is 0 Å². The Kier molecular flexibility index (Phi) is 12.0. The van der Waals surface area contributed by atoms with Crippen molar-refractivity contribution in [3.8, 4) is 0 Å². The van der Waals surface area contributed by atoms with Crippen LogP contribution in [0.4, 0.5) is 0 Å². The van der Waals surface area contributed by atoms with E-state index in [0.29, 0.717) is 19.6 Å². The summed E-state index contributed by atoms with van der Waals surface area (Å²) in [6.07, 6.45) is 4.17. The van der Waals surface area contributed by atoms with Crippen molar-refractivity contribution in [2.75, 3.05) is 26.3 Å². The van der Waals surface area contributed by atoms with Crippen molar-refractivity contribution in [3.05, 3.63) is 0 Å². The van der Waals surface area contributed by atoms with E-state index in [-0.39, 0.29) is 48.7 Å². The highest BCUT2D eigenvalue weighted by atomic mass is 16.7. The fraction of sp³-hybridized carbons (Fsp3) is 0.885. The molecule has 0 radical (unpaired) electrons. The Labute approximate surface area is 206 Å². The Morgan fingerprint density at radius 1 is 1.03 bits per heavy atom. The highest BCUT2D eigenvalue weighted by Gasteiger charge is 2.45. The number of nitrogens with one attached hydrogen (secondary N) is 2. The van der Waals surface area contributed by atoms with Gasteiger partial charge in [0.2, 0.25) is 11.8 Å². The van der Waals surface area contributed by atoms with Gasteiger partial charge in [0, 0.05) is 24.4 Å². The van der Waals surface area contributed by atoms with Gasteiger partial charge in [0.15, 0.2) is 5.79 Å². The first kappa shape index (κ1) is 30.4. The van der Waals surface area contributed by atoms with Crippen LogP contribution >= 0.6 is 0 Å². The molecule has 0 aromatic heterocycles. The van der Waals surface area contributed by atoms with Gasteiger partial charge in [-0.25, -0.2) is 0 Å². The van der Waals surface area contributed by atoms with E-state index in [1.165, 1.54) is 0 Å². The van der Waals surface area contributed by atoms with Crippen molar-refractivity contribution in [1.29, 1.82) is 0 Å². The van der Waals surface area contributed by atoms with Gasteiger partial charge in [-0.2, -0.15) is 0 Å². The van der Waals surface area contributed by atoms with Crippen molar-refractivity contribution in [3.63, 3.8) is 0 Å². The zero-order valence-electron chi connectivity index (χ0n) is 22.7. The fourth-order valence-electron chi connectivity index (χ4n) is 3.92. The molecule has 1 aliphatic rings. The molecule has 0 aromatic rings. The Morgan fingerprint density at radius 3 is 2.32 bits per heavy atom. The molecule has 8 heteroatoms. The second kappa shape index (κ2) is 13.4. The van der Waals surface area contributed by atoms with Crippen molar-refractivity contribution in [1.82, 2.24) is 10.6 Å². The van der Waals surface area contributed by atoms with Gasteiger partial charge in [-0.3, -0.25) is 14.4 Å². The van der Waals surface area contributed by atoms with Crippen molar-refractivity contribution >= 4 is 17.8 Å². The van der Waals surface area contributed by atoms with Gasteiger partial charge in [0.05, 0.1) is 19.6 Å². The predicted molar refractivity (Wildman–Crippen MR) is 132 cm³/mol. The Bertz CT molecular complexity index is 669. The maximum Gasteiger partial charge on any atom is 0.307 e. The summed E-state index contributed by atoms with van der Waals surface area (Å²) in [4.78, 5) is 37.2. The number of carbonyl (C=O) groups is 3. The average Bonchev–Trinajstić information content (AvgIpc) is 2.71. The number of ether oxygens (including phenoxy) is 3. The molecule has 2 amide bonds. The molecule has 0 aliphatic carbocycles. The first-order valence-corrected chi connectivity index (χ1v) is 12.7. The zero-order valence-corrected chi connectivity index (χ0v) is 22.7. The number of amides is 2. The van der Waals surface area contributed by atoms with E-state index in [4.69, 9.17) is 14.2 Å². The highest BCUT2D eigenvalue weighted by Crippen LogP contribution is 2.35. The van der Waals surface area contributed by atoms with Gasteiger partial charge in [0.1, 0.15) is 6.10 Å². The van der Waals surface area contributed by atoms with Crippen LogP contribution in [0, 0.1) is 16.7 Å². The molecule has 34 heavy (non-hydrogen) atoms. The predicted octanol–water partition coefficient (Wildman–Crippen LogP) is 3.96. The van der Waals surface area contributed by atoms with E-state index in [0.717, 1.165) is 25.7 Å². The number of hydrogen-bond donors (Lipinski definition) is 2. The summed E-state index contributed by atoms with van der Waals surface area (Å²) < 4.78 is 16.7.